The molecule has 0 atom stereocenters. The number of aromatic carboxylic acids is 1. The highest BCUT2D eigenvalue weighted by Crippen LogP contribution is 2.19. The monoisotopic (exact) mass is 403 g/mol. The molecule has 108 valence electrons. The molecule has 2 aromatic carbocycles. The maximum Gasteiger partial charge on any atom is 0.335 e. The highest BCUT2D eigenvalue weighted by molar-refractivity contribution is 14.1. The lowest BCUT2D eigenvalue weighted by molar-refractivity contribution is 0.0696. The van der Waals surface area contributed by atoms with Crippen LogP contribution in [0.25, 0.3) is 0 Å². The average molecular weight is 403 g/mol. The lowest BCUT2D eigenvalue weighted by atomic mass is 10.1. The number of amides is 1. The molecule has 2 N–H and O–H groups in total. The van der Waals surface area contributed by atoms with Gasteiger partial charge in [0, 0.05) is 3.57 Å². The maximum absolute atomic E-state index is 13.7. The first-order valence-electron chi connectivity index (χ1n) is 5.67. The molecule has 21 heavy (non-hydrogen) atoms. The molecular weight excluding hydrogens is 395 g/mol. The van der Waals surface area contributed by atoms with E-state index in [9.17, 15) is 18.4 Å². The molecule has 2 rings (SSSR count). The molecule has 0 spiro atoms. The second kappa shape index (κ2) is 6.17. The lowest BCUT2D eigenvalue weighted by Crippen LogP contribution is -2.15. The zero-order valence-electron chi connectivity index (χ0n) is 10.4. The number of carboxylic acids is 1. The molecule has 0 radical (unpaired) electrons. The van der Waals surface area contributed by atoms with E-state index in [4.69, 9.17) is 5.11 Å². The molecule has 0 saturated carbocycles. The van der Waals surface area contributed by atoms with E-state index in [0.29, 0.717) is 3.57 Å². The Morgan fingerprint density at radius 1 is 1.10 bits per heavy atom. The van der Waals surface area contributed by atoms with Crippen molar-refractivity contribution in [3.63, 3.8) is 0 Å². The fourth-order valence-electron chi connectivity index (χ4n) is 1.61. The summed E-state index contributed by atoms with van der Waals surface area (Å²) in [6, 6.07) is 6.74. The van der Waals surface area contributed by atoms with Gasteiger partial charge in [-0.1, -0.05) is 0 Å². The average Bonchev–Trinajstić information content (AvgIpc) is 2.40. The third-order valence-corrected chi connectivity index (χ3v) is 3.53. The SMILES string of the molecule is O=C(O)c1ccc(NC(=O)c2ccc(F)cc2I)c(F)c1. The summed E-state index contributed by atoms with van der Waals surface area (Å²) in [5, 5.41) is 11.1. The van der Waals surface area contributed by atoms with Gasteiger partial charge in [-0.25, -0.2) is 13.6 Å². The minimum absolute atomic E-state index is 0.148. The standard InChI is InChI=1S/C14H8F2INO3/c15-8-2-3-9(11(17)6-8)13(19)18-12-4-1-7(14(20)21)5-10(12)16/h1-6H,(H,18,19)(H,20,21). The fourth-order valence-corrected chi connectivity index (χ4v) is 2.34. The molecule has 0 aliphatic rings. The van der Waals surface area contributed by atoms with Gasteiger partial charge in [0.1, 0.15) is 11.6 Å². The summed E-state index contributed by atoms with van der Waals surface area (Å²) >= 11 is 1.79. The van der Waals surface area contributed by atoms with Crippen LogP contribution in [0.2, 0.25) is 0 Å². The molecule has 0 fully saturated rings. The first-order valence-corrected chi connectivity index (χ1v) is 6.75. The fraction of sp³-hybridized carbons (Fsp3) is 0. The van der Waals surface area contributed by atoms with E-state index in [1.54, 1.807) is 22.6 Å². The number of carboxylic acid groups (broad SMARTS) is 1. The van der Waals surface area contributed by atoms with Crippen molar-refractivity contribution in [3.8, 4) is 0 Å². The molecule has 0 aliphatic heterocycles. The van der Waals surface area contributed by atoms with Crippen LogP contribution in [-0.4, -0.2) is 17.0 Å². The Morgan fingerprint density at radius 2 is 1.81 bits per heavy atom. The summed E-state index contributed by atoms with van der Waals surface area (Å²) < 4.78 is 27.1. The van der Waals surface area contributed by atoms with E-state index in [1.165, 1.54) is 18.2 Å². The first-order chi connectivity index (χ1) is 9.88. The zero-order chi connectivity index (χ0) is 15.6. The van der Waals surface area contributed by atoms with Crippen LogP contribution in [0.4, 0.5) is 14.5 Å². The molecule has 0 bridgehead atoms. The predicted molar refractivity (Wildman–Crippen MR) is 80.4 cm³/mol. The van der Waals surface area contributed by atoms with Crippen LogP contribution in [-0.2, 0) is 0 Å². The van der Waals surface area contributed by atoms with Gasteiger partial charge >= 0.3 is 5.97 Å². The summed E-state index contributed by atoms with van der Waals surface area (Å²) in [4.78, 5) is 22.7. The van der Waals surface area contributed by atoms with Crippen molar-refractivity contribution in [2.45, 2.75) is 0 Å². The zero-order valence-corrected chi connectivity index (χ0v) is 12.5. The number of carbonyl (C=O) groups is 2. The summed E-state index contributed by atoms with van der Waals surface area (Å²) in [7, 11) is 0. The van der Waals surface area contributed by atoms with Gasteiger partial charge in [0.2, 0.25) is 0 Å². The molecule has 2 aromatic rings. The summed E-state index contributed by atoms with van der Waals surface area (Å²) in [5.41, 5.74) is -0.175. The minimum atomic E-state index is -1.26. The number of hydrogen-bond acceptors (Lipinski definition) is 2. The van der Waals surface area contributed by atoms with Gasteiger partial charge < -0.3 is 10.4 Å². The first kappa shape index (κ1) is 15.4. The number of halogens is 3. The Hall–Kier alpha value is -2.03. The lowest BCUT2D eigenvalue weighted by Gasteiger charge is -2.08. The molecule has 0 unspecified atom stereocenters. The van der Waals surface area contributed by atoms with Crippen LogP contribution < -0.4 is 5.32 Å². The topological polar surface area (TPSA) is 66.4 Å². The van der Waals surface area contributed by atoms with E-state index in [-0.39, 0.29) is 16.8 Å². The van der Waals surface area contributed by atoms with Gasteiger partial charge in [-0.15, -0.1) is 0 Å². The van der Waals surface area contributed by atoms with Gasteiger partial charge in [-0.2, -0.15) is 0 Å². The van der Waals surface area contributed by atoms with Crippen molar-refractivity contribution in [1.82, 2.24) is 0 Å². The number of anilines is 1. The van der Waals surface area contributed by atoms with Crippen molar-refractivity contribution in [1.29, 1.82) is 0 Å². The van der Waals surface area contributed by atoms with Crippen molar-refractivity contribution in [3.05, 3.63) is 62.7 Å². The van der Waals surface area contributed by atoms with Crippen LogP contribution in [0.1, 0.15) is 20.7 Å². The number of carbonyl (C=O) groups excluding carboxylic acids is 1. The van der Waals surface area contributed by atoms with Gasteiger partial charge in [-0.05, 0) is 59.0 Å². The second-order valence-electron chi connectivity index (χ2n) is 4.08. The maximum atomic E-state index is 13.7. The largest absolute Gasteiger partial charge is 0.478 e. The van der Waals surface area contributed by atoms with E-state index in [1.807, 2.05) is 0 Å². The van der Waals surface area contributed by atoms with E-state index >= 15 is 0 Å². The molecule has 0 heterocycles. The van der Waals surface area contributed by atoms with Crippen LogP contribution in [0.5, 0.6) is 0 Å². The van der Waals surface area contributed by atoms with Crippen LogP contribution in [0.15, 0.2) is 36.4 Å². The Kier molecular flexibility index (Phi) is 4.51. The third-order valence-electron chi connectivity index (χ3n) is 2.64. The molecule has 0 aliphatic carbocycles. The van der Waals surface area contributed by atoms with Gasteiger partial charge in [0.25, 0.3) is 5.91 Å². The highest BCUT2D eigenvalue weighted by atomic mass is 127. The number of benzene rings is 2. The smallest absolute Gasteiger partial charge is 0.335 e. The summed E-state index contributed by atoms with van der Waals surface area (Å²) in [5.74, 6) is -3.21. The number of nitrogens with one attached hydrogen (secondary N) is 1. The minimum Gasteiger partial charge on any atom is -0.478 e. The van der Waals surface area contributed by atoms with Crippen LogP contribution in [0.3, 0.4) is 0 Å². The van der Waals surface area contributed by atoms with E-state index in [0.717, 1.165) is 18.2 Å². The van der Waals surface area contributed by atoms with Gasteiger partial charge in [0.15, 0.2) is 0 Å². The van der Waals surface area contributed by atoms with Crippen LogP contribution in [0, 0.1) is 15.2 Å². The van der Waals surface area contributed by atoms with Crippen molar-refractivity contribution in [2.24, 2.45) is 0 Å². The van der Waals surface area contributed by atoms with E-state index in [2.05, 4.69) is 5.32 Å². The molecule has 1 amide bonds. The molecule has 4 nitrogen and oxygen atoms in total. The quantitative estimate of drug-likeness (QED) is 0.771. The van der Waals surface area contributed by atoms with Gasteiger partial charge in [0.05, 0.1) is 16.8 Å². The molecule has 0 saturated heterocycles. The molecule has 7 heteroatoms. The Morgan fingerprint density at radius 3 is 2.38 bits per heavy atom. The molecule has 0 aromatic heterocycles. The number of rotatable bonds is 3. The third kappa shape index (κ3) is 3.54. The second-order valence-corrected chi connectivity index (χ2v) is 5.24. The predicted octanol–water partition coefficient (Wildman–Crippen LogP) is 3.52. The van der Waals surface area contributed by atoms with E-state index < -0.39 is 23.5 Å². The summed E-state index contributed by atoms with van der Waals surface area (Å²) in [6.45, 7) is 0. The summed E-state index contributed by atoms with van der Waals surface area (Å²) in [6.07, 6.45) is 0. The highest BCUT2D eigenvalue weighted by Gasteiger charge is 2.14. The Bertz CT molecular complexity index is 734. The van der Waals surface area contributed by atoms with Crippen molar-refractivity contribution < 1.29 is 23.5 Å². The van der Waals surface area contributed by atoms with Crippen molar-refractivity contribution in [2.75, 3.05) is 5.32 Å². The Labute approximate surface area is 131 Å². The van der Waals surface area contributed by atoms with Crippen LogP contribution >= 0.6 is 22.6 Å². The molecular formula is C14H8F2INO3. The number of hydrogen-bond donors (Lipinski definition) is 2. The van der Waals surface area contributed by atoms with Crippen molar-refractivity contribution >= 4 is 40.2 Å². The normalized spacial score (nSPS) is 10.2. The van der Waals surface area contributed by atoms with Gasteiger partial charge in [-0.3, -0.25) is 4.79 Å². The Balaban J connectivity index is 2.25.